The van der Waals surface area contributed by atoms with Crippen LogP contribution in [-0.2, 0) is 9.47 Å². The average molecular weight is 205 g/mol. The molecule has 1 aromatic rings. The molecule has 0 fully saturated rings. The highest BCUT2D eigenvalue weighted by Crippen LogP contribution is 2.16. The van der Waals surface area contributed by atoms with E-state index in [1.807, 2.05) is 12.1 Å². The summed E-state index contributed by atoms with van der Waals surface area (Å²) in [5.74, 6) is 0. The quantitative estimate of drug-likeness (QED) is 0.711. The van der Waals surface area contributed by atoms with Gasteiger partial charge in [-0.05, 0) is 6.92 Å². The summed E-state index contributed by atoms with van der Waals surface area (Å²) in [6.07, 6.45) is -1.74. The van der Waals surface area contributed by atoms with E-state index in [0.717, 1.165) is 0 Å². The molecule has 0 radical (unpaired) electrons. The van der Waals surface area contributed by atoms with Gasteiger partial charge in [0.05, 0.1) is 6.61 Å². The fraction of sp³-hybridized carbons (Fsp3) is 0.273. The number of ether oxygens (including phenoxy) is 2. The standard InChI is InChI=1S/C11H11NO3/c1-2-14-11(13)15-10(8-12)9-6-4-3-5-7-9/h3-7,10H,2H2,1H3. The Morgan fingerprint density at radius 3 is 2.67 bits per heavy atom. The van der Waals surface area contributed by atoms with E-state index in [2.05, 4.69) is 4.74 Å². The molecule has 0 aliphatic heterocycles. The van der Waals surface area contributed by atoms with Gasteiger partial charge in [0.2, 0.25) is 6.10 Å². The van der Waals surface area contributed by atoms with E-state index < -0.39 is 12.3 Å². The summed E-state index contributed by atoms with van der Waals surface area (Å²) in [7, 11) is 0. The van der Waals surface area contributed by atoms with E-state index in [0.29, 0.717) is 5.56 Å². The molecular weight excluding hydrogens is 194 g/mol. The van der Waals surface area contributed by atoms with Crippen LogP contribution in [0.3, 0.4) is 0 Å². The first kappa shape index (κ1) is 11.1. The zero-order valence-corrected chi connectivity index (χ0v) is 8.34. The molecule has 0 aliphatic rings. The number of carbonyl (C=O) groups is 1. The van der Waals surface area contributed by atoms with Crippen molar-refractivity contribution in [2.24, 2.45) is 0 Å². The Labute approximate surface area is 88.0 Å². The maximum Gasteiger partial charge on any atom is 0.509 e. The van der Waals surface area contributed by atoms with Crippen molar-refractivity contribution in [2.75, 3.05) is 6.61 Å². The first-order chi connectivity index (χ1) is 7.27. The topological polar surface area (TPSA) is 59.3 Å². The number of nitrogens with zero attached hydrogens (tertiary/aromatic N) is 1. The number of carbonyl (C=O) groups excluding carboxylic acids is 1. The molecule has 0 bridgehead atoms. The Kier molecular flexibility index (Phi) is 4.17. The third-order valence-electron chi connectivity index (χ3n) is 1.70. The molecule has 0 aromatic heterocycles. The lowest BCUT2D eigenvalue weighted by atomic mass is 10.1. The second-order valence-electron chi connectivity index (χ2n) is 2.72. The third kappa shape index (κ3) is 3.31. The fourth-order valence-electron chi connectivity index (χ4n) is 1.04. The van der Waals surface area contributed by atoms with Gasteiger partial charge in [-0.25, -0.2) is 4.79 Å². The van der Waals surface area contributed by atoms with Crippen molar-refractivity contribution in [3.8, 4) is 6.07 Å². The van der Waals surface area contributed by atoms with E-state index in [1.54, 1.807) is 31.2 Å². The molecule has 0 N–H and O–H groups in total. The summed E-state index contributed by atoms with van der Waals surface area (Å²) in [5, 5.41) is 8.81. The number of nitriles is 1. The summed E-state index contributed by atoms with van der Waals surface area (Å²) < 4.78 is 9.39. The van der Waals surface area contributed by atoms with Crippen LogP contribution < -0.4 is 0 Å². The molecule has 0 heterocycles. The van der Waals surface area contributed by atoms with Crippen LogP contribution in [0, 0.1) is 11.3 Å². The second kappa shape index (κ2) is 5.66. The SMILES string of the molecule is CCOC(=O)OC(C#N)c1ccccc1. The minimum atomic E-state index is -0.912. The fourth-order valence-corrected chi connectivity index (χ4v) is 1.04. The Balaban J connectivity index is 2.66. The molecule has 15 heavy (non-hydrogen) atoms. The molecule has 4 heteroatoms. The highest BCUT2D eigenvalue weighted by Gasteiger charge is 2.15. The van der Waals surface area contributed by atoms with Crippen molar-refractivity contribution in [1.29, 1.82) is 5.26 Å². The van der Waals surface area contributed by atoms with Gasteiger partial charge in [0, 0.05) is 5.56 Å². The van der Waals surface area contributed by atoms with Crippen molar-refractivity contribution in [1.82, 2.24) is 0 Å². The van der Waals surface area contributed by atoms with E-state index in [9.17, 15) is 4.79 Å². The predicted octanol–water partition coefficient (Wildman–Crippen LogP) is 2.42. The van der Waals surface area contributed by atoms with Crippen LogP contribution in [-0.4, -0.2) is 12.8 Å². The molecule has 0 amide bonds. The summed E-state index contributed by atoms with van der Waals surface area (Å²) in [5.41, 5.74) is 0.632. The van der Waals surface area contributed by atoms with Gasteiger partial charge in [-0.3, -0.25) is 0 Å². The minimum Gasteiger partial charge on any atom is -0.435 e. The van der Waals surface area contributed by atoms with Gasteiger partial charge in [-0.1, -0.05) is 30.3 Å². The Hall–Kier alpha value is -2.02. The number of hydrogen-bond acceptors (Lipinski definition) is 4. The van der Waals surface area contributed by atoms with Crippen molar-refractivity contribution < 1.29 is 14.3 Å². The lowest BCUT2D eigenvalue weighted by molar-refractivity contribution is 0.0421. The molecule has 0 aliphatic carbocycles. The van der Waals surface area contributed by atoms with Crippen LogP contribution in [0.5, 0.6) is 0 Å². The Bertz CT molecular complexity index is 356. The largest absolute Gasteiger partial charge is 0.509 e. The van der Waals surface area contributed by atoms with Crippen molar-refractivity contribution in [3.05, 3.63) is 35.9 Å². The first-order valence-corrected chi connectivity index (χ1v) is 4.56. The minimum absolute atomic E-state index is 0.228. The average Bonchev–Trinajstić information content (AvgIpc) is 2.27. The van der Waals surface area contributed by atoms with Crippen LogP contribution in [0.4, 0.5) is 4.79 Å². The molecule has 1 aromatic carbocycles. The van der Waals surface area contributed by atoms with Gasteiger partial charge in [-0.15, -0.1) is 0 Å². The molecule has 1 unspecified atom stereocenters. The molecule has 4 nitrogen and oxygen atoms in total. The van der Waals surface area contributed by atoms with Crippen LogP contribution in [0.15, 0.2) is 30.3 Å². The summed E-state index contributed by atoms with van der Waals surface area (Å²) in [6, 6.07) is 10.7. The van der Waals surface area contributed by atoms with E-state index in [4.69, 9.17) is 10.00 Å². The monoisotopic (exact) mass is 205 g/mol. The summed E-state index contributed by atoms with van der Waals surface area (Å²) >= 11 is 0. The van der Waals surface area contributed by atoms with Gasteiger partial charge >= 0.3 is 6.16 Å². The lowest BCUT2D eigenvalue weighted by Crippen LogP contribution is -2.11. The molecule has 78 valence electrons. The smallest absolute Gasteiger partial charge is 0.435 e. The summed E-state index contributed by atoms with van der Waals surface area (Å²) in [6.45, 7) is 1.90. The molecule has 1 rings (SSSR count). The van der Waals surface area contributed by atoms with Gasteiger partial charge in [-0.2, -0.15) is 5.26 Å². The summed E-state index contributed by atoms with van der Waals surface area (Å²) in [4.78, 5) is 11.0. The third-order valence-corrected chi connectivity index (χ3v) is 1.70. The Morgan fingerprint density at radius 2 is 2.13 bits per heavy atom. The van der Waals surface area contributed by atoms with Gasteiger partial charge in [0.15, 0.2) is 0 Å². The molecule has 0 saturated carbocycles. The van der Waals surface area contributed by atoms with Crippen LogP contribution >= 0.6 is 0 Å². The maximum atomic E-state index is 11.0. The van der Waals surface area contributed by atoms with E-state index in [1.165, 1.54) is 0 Å². The van der Waals surface area contributed by atoms with E-state index >= 15 is 0 Å². The zero-order chi connectivity index (χ0) is 11.1. The van der Waals surface area contributed by atoms with Crippen molar-refractivity contribution in [2.45, 2.75) is 13.0 Å². The molecule has 0 spiro atoms. The second-order valence-corrected chi connectivity index (χ2v) is 2.72. The number of rotatable bonds is 3. The molecule has 1 atom stereocenters. The lowest BCUT2D eigenvalue weighted by Gasteiger charge is -2.10. The van der Waals surface area contributed by atoms with Crippen molar-refractivity contribution >= 4 is 6.16 Å². The van der Waals surface area contributed by atoms with E-state index in [-0.39, 0.29) is 6.61 Å². The van der Waals surface area contributed by atoms with Crippen LogP contribution in [0.25, 0.3) is 0 Å². The highest BCUT2D eigenvalue weighted by atomic mass is 16.7. The molecule has 0 saturated heterocycles. The normalized spacial score (nSPS) is 11.2. The molecular formula is C11H11NO3. The van der Waals surface area contributed by atoms with Gasteiger partial charge in [0.25, 0.3) is 0 Å². The van der Waals surface area contributed by atoms with Crippen LogP contribution in [0.1, 0.15) is 18.6 Å². The Morgan fingerprint density at radius 1 is 1.47 bits per heavy atom. The van der Waals surface area contributed by atoms with Crippen LogP contribution in [0.2, 0.25) is 0 Å². The highest BCUT2D eigenvalue weighted by molar-refractivity contribution is 5.60. The zero-order valence-electron chi connectivity index (χ0n) is 8.34. The number of hydrogen-bond donors (Lipinski definition) is 0. The van der Waals surface area contributed by atoms with Gasteiger partial charge in [0.1, 0.15) is 6.07 Å². The van der Waals surface area contributed by atoms with Crippen molar-refractivity contribution in [3.63, 3.8) is 0 Å². The maximum absolute atomic E-state index is 11.0. The number of benzene rings is 1. The van der Waals surface area contributed by atoms with Gasteiger partial charge < -0.3 is 9.47 Å². The first-order valence-electron chi connectivity index (χ1n) is 4.56. The predicted molar refractivity (Wildman–Crippen MR) is 52.9 cm³/mol.